The fraction of sp³-hybridized carbons (Fsp3) is 1.00. The van der Waals surface area contributed by atoms with Crippen LogP contribution in [0.1, 0.15) is 0 Å². The first kappa shape index (κ1) is 12.5. The van der Waals surface area contributed by atoms with Gasteiger partial charge >= 0.3 is 50.8 Å². The summed E-state index contributed by atoms with van der Waals surface area (Å²) in [6.45, 7) is 1.19. The Balaban J connectivity index is 0. The van der Waals surface area contributed by atoms with Crippen LogP contribution in [-0.2, 0) is 8.29 Å². The summed E-state index contributed by atoms with van der Waals surface area (Å²) in [5, 5.41) is 0. The summed E-state index contributed by atoms with van der Waals surface area (Å²) in [6.07, 6.45) is 0. The number of hydrogen-bond acceptors (Lipinski definition) is 2. The Morgan fingerprint density at radius 2 is 1.12 bits per heavy atom. The van der Waals surface area contributed by atoms with Crippen molar-refractivity contribution in [3.8, 4) is 0 Å². The second-order valence-corrected chi connectivity index (χ2v) is 16.5. The van der Waals surface area contributed by atoms with Gasteiger partial charge in [-0.3, -0.25) is 0 Å². The molecule has 0 amide bonds. The summed E-state index contributed by atoms with van der Waals surface area (Å²) >= 11 is 9.50. The van der Waals surface area contributed by atoms with Gasteiger partial charge in [-0.2, -0.15) is 0 Å². The molecule has 0 aromatic carbocycles. The van der Waals surface area contributed by atoms with Gasteiger partial charge in [0.05, 0.1) is 0 Å². The van der Waals surface area contributed by atoms with Gasteiger partial charge in [0.1, 0.15) is 0 Å². The summed E-state index contributed by atoms with van der Waals surface area (Å²) in [6, 6.07) is 0. The molecule has 4 N–H and O–H groups in total. The van der Waals surface area contributed by atoms with Crippen molar-refractivity contribution in [2.24, 2.45) is 11.5 Å². The van der Waals surface area contributed by atoms with Gasteiger partial charge in [0.15, 0.2) is 0 Å². The van der Waals surface area contributed by atoms with Crippen LogP contribution >= 0.6 is 42.5 Å². The van der Waals surface area contributed by atoms with Crippen LogP contribution in [0.15, 0.2) is 0 Å². The molecule has 0 unspecified atom stereocenters. The van der Waals surface area contributed by atoms with E-state index in [4.69, 9.17) is 11.5 Å². The molecule has 0 aromatic heterocycles. The SMILES string of the molecule is NCCN.[Br][Co]([Br])[Br]. The fourth-order valence-electron chi connectivity index (χ4n) is 0. The average Bonchev–Trinajstić information content (AvgIpc) is 1.65. The Kier molecular flexibility index (Phi) is 18.2. The Morgan fingerprint density at radius 3 is 1.12 bits per heavy atom. The van der Waals surface area contributed by atoms with Crippen LogP contribution in [0.2, 0.25) is 0 Å². The molecule has 0 saturated carbocycles. The van der Waals surface area contributed by atoms with E-state index in [1.165, 1.54) is 0 Å². The summed E-state index contributed by atoms with van der Waals surface area (Å²) < 4.78 is 0. The normalized spacial score (nSPS) is 9.38. The van der Waals surface area contributed by atoms with Crippen LogP contribution in [0.4, 0.5) is 0 Å². The minimum atomic E-state index is -0.167. The maximum absolute atomic E-state index is 4.90. The van der Waals surface area contributed by atoms with Crippen molar-refractivity contribution < 1.29 is 8.29 Å². The molecule has 2 nitrogen and oxygen atoms in total. The summed E-state index contributed by atoms with van der Waals surface area (Å²) in [5.41, 5.74) is 9.81. The van der Waals surface area contributed by atoms with E-state index in [1.54, 1.807) is 0 Å². The predicted octanol–water partition coefficient (Wildman–Crippen LogP) is 1.44. The van der Waals surface area contributed by atoms with Crippen molar-refractivity contribution in [3.05, 3.63) is 0 Å². The van der Waals surface area contributed by atoms with E-state index in [-0.39, 0.29) is 8.29 Å². The van der Waals surface area contributed by atoms with Gasteiger partial charge in [-0.1, -0.05) is 0 Å². The number of hydrogen-bond donors (Lipinski definition) is 2. The Labute approximate surface area is 74.7 Å². The minimum absolute atomic E-state index is 0.167. The molecule has 0 heterocycles. The molecule has 0 rings (SSSR count). The van der Waals surface area contributed by atoms with E-state index in [9.17, 15) is 0 Å². The first-order valence-electron chi connectivity index (χ1n) is 1.69. The van der Waals surface area contributed by atoms with E-state index in [1.807, 2.05) is 0 Å². The number of nitrogens with two attached hydrogens (primary N) is 2. The van der Waals surface area contributed by atoms with Crippen molar-refractivity contribution in [1.82, 2.24) is 0 Å². The van der Waals surface area contributed by atoms with Gasteiger partial charge in [0.25, 0.3) is 0 Å². The van der Waals surface area contributed by atoms with Gasteiger partial charge in [0, 0.05) is 13.1 Å². The standard InChI is InChI=1S/C2H8N2.3BrH.Co/c3-1-2-4;;;;/h1-4H2;3*1H;/q;;;;+3/p-3. The molecule has 0 aliphatic heterocycles. The van der Waals surface area contributed by atoms with Crippen molar-refractivity contribution in [1.29, 1.82) is 0 Å². The zero-order chi connectivity index (χ0) is 6.99. The van der Waals surface area contributed by atoms with Gasteiger partial charge < -0.3 is 11.5 Å². The van der Waals surface area contributed by atoms with E-state index in [0.717, 1.165) is 0 Å². The topological polar surface area (TPSA) is 52.0 Å². The molecule has 0 bridgehead atoms. The molecule has 56 valence electrons. The first-order valence-corrected chi connectivity index (χ1v) is 9.41. The van der Waals surface area contributed by atoms with Gasteiger partial charge in [-0.15, -0.1) is 0 Å². The quantitative estimate of drug-likeness (QED) is 0.745. The van der Waals surface area contributed by atoms with Crippen molar-refractivity contribution in [3.63, 3.8) is 0 Å². The molecule has 0 fully saturated rings. The Morgan fingerprint density at radius 1 is 1.00 bits per heavy atom. The average molecular weight is 359 g/mol. The van der Waals surface area contributed by atoms with Gasteiger partial charge in [-0.05, 0) is 0 Å². The second-order valence-electron chi connectivity index (χ2n) is 0.720. The molecule has 0 spiro atoms. The van der Waals surface area contributed by atoms with Crippen LogP contribution in [0.25, 0.3) is 0 Å². The van der Waals surface area contributed by atoms with Crippen LogP contribution in [0.3, 0.4) is 0 Å². The third kappa shape index (κ3) is 45.1. The zero-order valence-electron chi connectivity index (χ0n) is 4.04. The third-order valence-electron chi connectivity index (χ3n) is 0.167. The molecule has 0 aliphatic rings. The molecule has 6 heteroatoms. The van der Waals surface area contributed by atoms with Crippen molar-refractivity contribution in [2.75, 3.05) is 13.1 Å². The number of rotatable bonds is 1. The predicted molar refractivity (Wildman–Crippen MR) is 44.9 cm³/mol. The molecular weight excluding hydrogens is 351 g/mol. The fourth-order valence-corrected chi connectivity index (χ4v) is 0. The van der Waals surface area contributed by atoms with Gasteiger partial charge in [0.2, 0.25) is 0 Å². The Bertz CT molecular complexity index is 31.7. The molecule has 0 aliphatic carbocycles. The summed E-state index contributed by atoms with van der Waals surface area (Å²) in [5.74, 6) is 0. The molecule has 0 atom stereocenters. The molecule has 8 heavy (non-hydrogen) atoms. The second kappa shape index (κ2) is 11.6. The van der Waals surface area contributed by atoms with Crippen molar-refractivity contribution >= 4 is 42.5 Å². The summed E-state index contributed by atoms with van der Waals surface area (Å²) in [4.78, 5) is 0. The van der Waals surface area contributed by atoms with E-state index >= 15 is 0 Å². The van der Waals surface area contributed by atoms with Crippen LogP contribution < -0.4 is 11.5 Å². The van der Waals surface area contributed by atoms with Crippen LogP contribution in [-0.4, -0.2) is 13.1 Å². The number of halogens is 3. The third-order valence-corrected chi connectivity index (χ3v) is 0.167. The van der Waals surface area contributed by atoms with Crippen LogP contribution in [0.5, 0.6) is 0 Å². The van der Waals surface area contributed by atoms with Gasteiger partial charge in [-0.25, -0.2) is 0 Å². The molecular formula is C2H8Br3CoN2. The van der Waals surface area contributed by atoms with E-state index < -0.39 is 0 Å². The summed E-state index contributed by atoms with van der Waals surface area (Å²) in [7, 11) is -0.167. The maximum atomic E-state index is 4.90. The van der Waals surface area contributed by atoms with Crippen molar-refractivity contribution in [2.45, 2.75) is 0 Å². The molecule has 0 saturated heterocycles. The van der Waals surface area contributed by atoms with E-state index in [2.05, 4.69) is 42.5 Å². The van der Waals surface area contributed by atoms with Crippen LogP contribution in [0, 0.1) is 0 Å². The first-order chi connectivity index (χ1) is 3.65. The van der Waals surface area contributed by atoms with E-state index in [0.29, 0.717) is 13.1 Å². The molecule has 0 aromatic rings. The Hall–Kier alpha value is 1.87. The molecule has 0 radical (unpaired) electrons. The zero-order valence-corrected chi connectivity index (χ0v) is 9.84. The monoisotopic (exact) mass is 356 g/mol.